The molecular weight excluding hydrogens is 339 g/mol. The van der Waals surface area contributed by atoms with Crippen LogP contribution in [0.5, 0.6) is 0 Å². The molecule has 0 spiro atoms. The molecule has 25 heavy (non-hydrogen) atoms. The molecule has 5 nitrogen and oxygen atoms in total. The minimum atomic E-state index is -0.274. The van der Waals surface area contributed by atoms with E-state index in [4.69, 9.17) is 4.52 Å². The fourth-order valence-electron chi connectivity index (χ4n) is 2.54. The lowest BCUT2D eigenvalue weighted by Gasteiger charge is -2.03. The van der Waals surface area contributed by atoms with Gasteiger partial charge in [0.05, 0.1) is 11.9 Å². The van der Waals surface area contributed by atoms with E-state index in [2.05, 4.69) is 33.4 Å². The number of anilines is 1. The predicted molar refractivity (Wildman–Crippen MR) is 96.0 cm³/mol. The Morgan fingerprint density at radius 2 is 2.00 bits per heavy atom. The summed E-state index contributed by atoms with van der Waals surface area (Å²) in [6.45, 7) is 2.58. The molecule has 3 heterocycles. The summed E-state index contributed by atoms with van der Waals surface area (Å²) in [5.74, 6) is 1.18. The second kappa shape index (κ2) is 6.60. The molecule has 0 aliphatic rings. The van der Waals surface area contributed by atoms with Crippen molar-refractivity contribution < 1.29 is 8.91 Å². The molecule has 0 bridgehead atoms. The zero-order chi connectivity index (χ0) is 17.2. The van der Waals surface area contributed by atoms with Crippen molar-refractivity contribution in [2.24, 2.45) is 0 Å². The van der Waals surface area contributed by atoms with Gasteiger partial charge in [-0.3, -0.25) is 0 Å². The summed E-state index contributed by atoms with van der Waals surface area (Å²) in [5.41, 5.74) is 1.49. The van der Waals surface area contributed by atoms with Crippen molar-refractivity contribution >= 4 is 27.4 Å². The van der Waals surface area contributed by atoms with Crippen LogP contribution >= 0.6 is 11.3 Å². The smallest absolute Gasteiger partial charge is 0.156 e. The molecule has 3 aromatic heterocycles. The van der Waals surface area contributed by atoms with Crippen LogP contribution < -0.4 is 5.32 Å². The van der Waals surface area contributed by atoms with E-state index in [0.717, 1.165) is 28.0 Å². The summed E-state index contributed by atoms with van der Waals surface area (Å²) in [5, 5.41) is 8.33. The van der Waals surface area contributed by atoms with Crippen molar-refractivity contribution in [2.45, 2.75) is 19.9 Å². The average Bonchev–Trinajstić information content (AvgIpc) is 3.27. The summed E-state index contributed by atoms with van der Waals surface area (Å²) >= 11 is 1.68. The number of hydrogen-bond acceptors (Lipinski definition) is 6. The highest BCUT2D eigenvalue weighted by Crippen LogP contribution is 2.29. The van der Waals surface area contributed by atoms with E-state index in [1.165, 1.54) is 17.0 Å². The van der Waals surface area contributed by atoms with Crippen LogP contribution in [0.1, 0.15) is 17.6 Å². The SMILES string of the molecule is CCc1cc2c(NCc3cc(-c4ccc(F)cc4)no3)ncnc2s1. The molecule has 0 aliphatic heterocycles. The first-order valence-corrected chi connectivity index (χ1v) is 8.73. The number of halogens is 1. The number of aryl methyl sites for hydroxylation is 1. The summed E-state index contributed by atoms with van der Waals surface area (Å²) in [6, 6.07) is 10.1. The summed E-state index contributed by atoms with van der Waals surface area (Å²) in [7, 11) is 0. The Bertz CT molecular complexity index is 1010. The van der Waals surface area contributed by atoms with Crippen LogP contribution in [-0.2, 0) is 13.0 Å². The number of fused-ring (bicyclic) bond motifs is 1. The molecule has 0 fully saturated rings. The van der Waals surface area contributed by atoms with Crippen LogP contribution in [-0.4, -0.2) is 15.1 Å². The molecule has 4 rings (SSSR count). The van der Waals surface area contributed by atoms with E-state index < -0.39 is 0 Å². The lowest BCUT2D eigenvalue weighted by atomic mass is 10.1. The van der Waals surface area contributed by atoms with Gasteiger partial charge in [0.15, 0.2) is 5.76 Å². The molecule has 126 valence electrons. The number of aromatic nitrogens is 3. The maximum absolute atomic E-state index is 13.0. The lowest BCUT2D eigenvalue weighted by Crippen LogP contribution is -2.00. The molecule has 4 aromatic rings. The third-order valence-electron chi connectivity index (χ3n) is 3.86. The standard InChI is InChI=1S/C18H15FN4OS/c1-2-14-8-15-17(21-10-22-18(15)25-14)20-9-13-7-16(23-24-13)11-3-5-12(19)6-4-11/h3-8,10H,2,9H2,1H3,(H,20,21,22). The van der Waals surface area contributed by atoms with Crippen LogP contribution in [0, 0.1) is 5.82 Å². The van der Waals surface area contributed by atoms with Crippen molar-refractivity contribution in [3.8, 4) is 11.3 Å². The summed E-state index contributed by atoms with van der Waals surface area (Å²) < 4.78 is 18.4. The molecule has 0 amide bonds. The molecule has 0 saturated carbocycles. The zero-order valence-corrected chi connectivity index (χ0v) is 14.3. The summed E-state index contributed by atoms with van der Waals surface area (Å²) in [6.07, 6.45) is 2.54. The minimum absolute atomic E-state index is 0.274. The van der Waals surface area contributed by atoms with Gasteiger partial charge in [-0.1, -0.05) is 12.1 Å². The van der Waals surface area contributed by atoms with Gasteiger partial charge in [0, 0.05) is 16.5 Å². The monoisotopic (exact) mass is 354 g/mol. The van der Waals surface area contributed by atoms with E-state index in [-0.39, 0.29) is 5.82 Å². The summed E-state index contributed by atoms with van der Waals surface area (Å²) in [4.78, 5) is 10.9. The third-order valence-corrected chi connectivity index (χ3v) is 5.05. The fourth-order valence-corrected chi connectivity index (χ4v) is 3.48. The van der Waals surface area contributed by atoms with Crippen molar-refractivity contribution in [3.63, 3.8) is 0 Å². The van der Waals surface area contributed by atoms with E-state index in [0.29, 0.717) is 18.0 Å². The molecule has 0 radical (unpaired) electrons. The molecule has 0 atom stereocenters. The number of nitrogens with zero attached hydrogens (tertiary/aromatic N) is 3. The first kappa shape index (κ1) is 15.7. The van der Waals surface area contributed by atoms with E-state index >= 15 is 0 Å². The Labute approximate surface area is 147 Å². The zero-order valence-electron chi connectivity index (χ0n) is 13.5. The van der Waals surface area contributed by atoms with Crippen LogP contribution in [0.3, 0.4) is 0 Å². The highest BCUT2D eigenvalue weighted by atomic mass is 32.1. The predicted octanol–water partition coefficient (Wildman–Crippen LogP) is 4.66. The molecule has 1 aromatic carbocycles. The number of hydrogen-bond donors (Lipinski definition) is 1. The second-order valence-corrected chi connectivity index (χ2v) is 6.66. The van der Waals surface area contributed by atoms with E-state index in [9.17, 15) is 4.39 Å². The van der Waals surface area contributed by atoms with Gasteiger partial charge in [0.2, 0.25) is 0 Å². The molecule has 7 heteroatoms. The van der Waals surface area contributed by atoms with Crippen LogP contribution in [0.4, 0.5) is 10.2 Å². The van der Waals surface area contributed by atoms with Gasteiger partial charge in [-0.05, 0) is 36.8 Å². The Kier molecular flexibility index (Phi) is 4.15. The van der Waals surface area contributed by atoms with Crippen LogP contribution in [0.25, 0.3) is 21.5 Å². The Morgan fingerprint density at radius 1 is 1.16 bits per heavy atom. The van der Waals surface area contributed by atoms with Gasteiger partial charge >= 0.3 is 0 Å². The quantitative estimate of drug-likeness (QED) is 0.565. The normalized spacial score (nSPS) is 11.1. The van der Waals surface area contributed by atoms with Gasteiger partial charge in [0.1, 0.15) is 28.5 Å². The van der Waals surface area contributed by atoms with Gasteiger partial charge in [-0.2, -0.15) is 0 Å². The molecular formula is C18H15FN4OS. The largest absolute Gasteiger partial charge is 0.362 e. The van der Waals surface area contributed by atoms with Crippen molar-refractivity contribution in [1.29, 1.82) is 0 Å². The number of benzene rings is 1. The highest BCUT2D eigenvalue weighted by Gasteiger charge is 2.10. The lowest BCUT2D eigenvalue weighted by molar-refractivity contribution is 0.390. The second-order valence-electron chi connectivity index (χ2n) is 5.55. The Balaban J connectivity index is 1.52. The van der Waals surface area contributed by atoms with Crippen molar-refractivity contribution in [2.75, 3.05) is 5.32 Å². The van der Waals surface area contributed by atoms with E-state index in [1.807, 2.05) is 6.07 Å². The van der Waals surface area contributed by atoms with Crippen molar-refractivity contribution in [1.82, 2.24) is 15.1 Å². The average molecular weight is 354 g/mol. The maximum atomic E-state index is 13.0. The van der Waals surface area contributed by atoms with Gasteiger partial charge in [-0.15, -0.1) is 11.3 Å². The van der Waals surface area contributed by atoms with Crippen LogP contribution in [0.15, 0.2) is 47.2 Å². The third kappa shape index (κ3) is 3.23. The number of nitrogens with one attached hydrogen (secondary N) is 1. The first-order chi connectivity index (χ1) is 12.2. The van der Waals surface area contributed by atoms with Gasteiger partial charge in [0.25, 0.3) is 0 Å². The van der Waals surface area contributed by atoms with Gasteiger partial charge < -0.3 is 9.84 Å². The van der Waals surface area contributed by atoms with Crippen LogP contribution in [0.2, 0.25) is 0 Å². The first-order valence-electron chi connectivity index (χ1n) is 7.91. The van der Waals surface area contributed by atoms with Gasteiger partial charge in [-0.25, -0.2) is 14.4 Å². The molecule has 0 unspecified atom stereocenters. The maximum Gasteiger partial charge on any atom is 0.156 e. The van der Waals surface area contributed by atoms with Crippen molar-refractivity contribution in [3.05, 3.63) is 59.2 Å². The van der Waals surface area contributed by atoms with E-state index in [1.54, 1.807) is 29.8 Å². The minimum Gasteiger partial charge on any atom is -0.362 e. The highest BCUT2D eigenvalue weighted by molar-refractivity contribution is 7.18. The Hall–Kier alpha value is -2.80. The fraction of sp³-hybridized carbons (Fsp3) is 0.167. The molecule has 0 aliphatic carbocycles. The number of rotatable bonds is 5. The molecule has 1 N–H and O–H groups in total. The number of thiophene rings is 1. The molecule has 0 saturated heterocycles. The topological polar surface area (TPSA) is 63.8 Å². The Morgan fingerprint density at radius 3 is 2.80 bits per heavy atom.